The van der Waals surface area contributed by atoms with E-state index in [0.29, 0.717) is 6.42 Å². The monoisotopic (exact) mass is 398 g/mol. The minimum absolute atomic E-state index is 0.0290. The molecule has 1 aliphatic heterocycles. The molecular weight excluding hydrogens is 383 g/mol. The van der Waals surface area contributed by atoms with Gasteiger partial charge in [0.15, 0.2) is 9.84 Å². The van der Waals surface area contributed by atoms with E-state index in [2.05, 4.69) is 10.6 Å². The van der Waals surface area contributed by atoms with Gasteiger partial charge >= 0.3 is 0 Å². The first kappa shape index (κ1) is 18.8. The van der Waals surface area contributed by atoms with Gasteiger partial charge in [0.05, 0.1) is 17.9 Å². The summed E-state index contributed by atoms with van der Waals surface area (Å²) in [5.41, 5.74) is 0.830. The van der Waals surface area contributed by atoms with Crippen LogP contribution >= 0.6 is 34.8 Å². The zero-order valence-corrected chi connectivity index (χ0v) is 15.2. The highest BCUT2D eigenvalue weighted by Crippen LogP contribution is 2.30. The fourth-order valence-corrected chi connectivity index (χ4v) is 4.41. The van der Waals surface area contributed by atoms with E-state index in [4.69, 9.17) is 34.8 Å². The fraction of sp³-hybridized carbons (Fsp3) is 0.500. The van der Waals surface area contributed by atoms with Crippen molar-refractivity contribution in [2.45, 2.75) is 28.8 Å². The van der Waals surface area contributed by atoms with Crippen LogP contribution in [0.1, 0.15) is 12.0 Å². The van der Waals surface area contributed by atoms with Crippen molar-refractivity contribution >= 4 is 50.5 Å². The highest BCUT2D eigenvalue weighted by atomic mass is 35.6. The first-order chi connectivity index (χ1) is 10.7. The second kappa shape index (κ2) is 7.57. The average molecular weight is 400 g/mol. The van der Waals surface area contributed by atoms with Gasteiger partial charge in [0.25, 0.3) is 0 Å². The van der Waals surface area contributed by atoms with Crippen molar-refractivity contribution in [1.29, 1.82) is 0 Å². The van der Waals surface area contributed by atoms with E-state index in [1.807, 2.05) is 30.3 Å². The van der Waals surface area contributed by atoms with Gasteiger partial charge in [-0.15, -0.1) is 0 Å². The molecule has 2 rings (SSSR count). The second-order valence-electron chi connectivity index (χ2n) is 5.47. The molecule has 1 aromatic rings. The summed E-state index contributed by atoms with van der Waals surface area (Å²) >= 11 is 17.7. The number of benzene rings is 1. The van der Waals surface area contributed by atoms with E-state index in [1.54, 1.807) is 0 Å². The molecule has 1 fully saturated rings. The molecule has 1 saturated heterocycles. The van der Waals surface area contributed by atoms with Gasteiger partial charge in [-0.05, 0) is 12.0 Å². The lowest BCUT2D eigenvalue weighted by molar-refractivity contribution is -0.121. The molecule has 128 valence electrons. The minimum atomic E-state index is -3.07. The maximum Gasteiger partial charge on any atom is 0.225 e. The van der Waals surface area contributed by atoms with Crippen molar-refractivity contribution in [3.63, 3.8) is 0 Å². The van der Waals surface area contributed by atoms with Crippen molar-refractivity contribution in [3.8, 4) is 0 Å². The highest BCUT2D eigenvalue weighted by molar-refractivity contribution is 7.91. The van der Waals surface area contributed by atoms with E-state index in [0.717, 1.165) is 5.56 Å². The molecule has 0 spiro atoms. The van der Waals surface area contributed by atoms with Crippen LogP contribution in [0, 0.1) is 0 Å². The molecule has 0 radical (unpaired) electrons. The zero-order valence-electron chi connectivity index (χ0n) is 12.1. The van der Waals surface area contributed by atoms with Gasteiger partial charge in [0.2, 0.25) is 9.70 Å². The molecule has 1 amide bonds. The molecule has 1 aliphatic rings. The minimum Gasteiger partial charge on any atom is -0.336 e. The van der Waals surface area contributed by atoms with Gasteiger partial charge in [-0.3, -0.25) is 10.1 Å². The smallest absolute Gasteiger partial charge is 0.225 e. The molecule has 9 heteroatoms. The fourth-order valence-electron chi connectivity index (χ4n) is 2.37. The van der Waals surface area contributed by atoms with E-state index in [-0.39, 0.29) is 29.9 Å². The summed E-state index contributed by atoms with van der Waals surface area (Å²) in [7, 11) is -3.07. The normalized spacial score (nSPS) is 21.8. The molecule has 0 aromatic heterocycles. The van der Waals surface area contributed by atoms with Gasteiger partial charge in [-0.1, -0.05) is 65.1 Å². The van der Waals surface area contributed by atoms with Crippen LogP contribution in [-0.2, 0) is 21.1 Å². The molecule has 2 N–H and O–H groups in total. The van der Waals surface area contributed by atoms with E-state index < -0.39 is 19.8 Å². The van der Waals surface area contributed by atoms with Gasteiger partial charge in [0.1, 0.15) is 6.17 Å². The summed E-state index contributed by atoms with van der Waals surface area (Å²) in [5, 5.41) is 5.54. The van der Waals surface area contributed by atoms with Crippen molar-refractivity contribution in [2.75, 3.05) is 11.5 Å². The van der Waals surface area contributed by atoms with E-state index >= 15 is 0 Å². The Morgan fingerprint density at radius 3 is 2.43 bits per heavy atom. The molecule has 0 saturated carbocycles. The third-order valence-electron chi connectivity index (χ3n) is 3.47. The number of alkyl halides is 3. The Labute approximate surface area is 150 Å². The average Bonchev–Trinajstić information content (AvgIpc) is 2.77. The number of rotatable bonds is 5. The van der Waals surface area contributed by atoms with Crippen LogP contribution < -0.4 is 10.6 Å². The summed E-state index contributed by atoms with van der Waals surface area (Å²) < 4.78 is 21.2. The molecule has 0 bridgehead atoms. The summed E-state index contributed by atoms with van der Waals surface area (Å²) in [5.74, 6) is -0.255. The lowest BCUT2D eigenvalue weighted by Crippen LogP contribution is -2.57. The maximum absolute atomic E-state index is 12.1. The van der Waals surface area contributed by atoms with Gasteiger partial charge in [0, 0.05) is 6.04 Å². The third kappa shape index (κ3) is 6.12. The number of amides is 1. The van der Waals surface area contributed by atoms with Crippen molar-refractivity contribution in [2.24, 2.45) is 0 Å². The van der Waals surface area contributed by atoms with Crippen molar-refractivity contribution in [1.82, 2.24) is 10.6 Å². The topological polar surface area (TPSA) is 75.3 Å². The molecule has 0 aliphatic carbocycles. The molecule has 2 atom stereocenters. The lowest BCUT2D eigenvalue weighted by atomic mass is 10.1. The van der Waals surface area contributed by atoms with Gasteiger partial charge in [-0.2, -0.15) is 0 Å². The van der Waals surface area contributed by atoms with Crippen molar-refractivity contribution in [3.05, 3.63) is 35.9 Å². The number of halogens is 3. The Balaban J connectivity index is 1.97. The summed E-state index contributed by atoms with van der Waals surface area (Å²) in [6.45, 7) is 0. The number of nitrogens with one attached hydrogen (secondary N) is 2. The Hall–Kier alpha value is -0.530. The largest absolute Gasteiger partial charge is 0.336 e. The van der Waals surface area contributed by atoms with Crippen LogP contribution in [0.25, 0.3) is 0 Å². The van der Waals surface area contributed by atoms with Crippen LogP contribution in [0.2, 0.25) is 0 Å². The van der Waals surface area contributed by atoms with Crippen LogP contribution in [-0.4, -0.2) is 41.8 Å². The molecule has 0 unspecified atom stereocenters. The molecule has 5 nitrogen and oxygen atoms in total. The Bertz CT molecular complexity index is 647. The SMILES string of the molecule is O=C(Cc1ccccc1)N[C@@H](N[C@H]1CCS(=O)(=O)C1)C(Cl)(Cl)Cl. The van der Waals surface area contributed by atoms with Crippen molar-refractivity contribution < 1.29 is 13.2 Å². The van der Waals surface area contributed by atoms with Gasteiger partial charge in [-0.25, -0.2) is 8.42 Å². The maximum atomic E-state index is 12.1. The lowest BCUT2D eigenvalue weighted by Gasteiger charge is -2.29. The van der Waals surface area contributed by atoms with Crippen LogP contribution in [0.15, 0.2) is 30.3 Å². The molecule has 1 aromatic carbocycles. The quantitative estimate of drug-likeness (QED) is 0.585. The Kier molecular flexibility index (Phi) is 6.19. The molecule has 1 heterocycles. The van der Waals surface area contributed by atoms with E-state index in [1.165, 1.54) is 0 Å². The van der Waals surface area contributed by atoms with Crippen LogP contribution in [0.4, 0.5) is 0 Å². The van der Waals surface area contributed by atoms with Crippen LogP contribution in [0.5, 0.6) is 0 Å². The second-order valence-corrected chi connectivity index (χ2v) is 10.1. The zero-order chi connectivity index (χ0) is 17.1. The van der Waals surface area contributed by atoms with Gasteiger partial charge < -0.3 is 5.32 Å². The number of sulfone groups is 1. The number of carbonyl (C=O) groups excluding carboxylic acids is 1. The highest BCUT2D eigenvalue weighted by Gasteiger charge is 2.38. The Morgan fingerprint density at radius 2 is 1.91 bits per heavy atom. The summed E-state index contributed by atoms with van der Waals surface area (Å²) in [6, 6.07) is 8.81. The third-order valence-corrected chi connectivity index (χ3v) is 5.90. The first-order valence-corrected chi connectivity index (χ1v) is 9.98. The summed E-state index contributed by atoms with van der Waals surface area (Å²) in [6.07, 6.45) is -0.404. The Morgan fingerprint density at radius 1 is 1.26 bits per heavy atom. The first-order valence-electron chi connectivity index (χ1n) is 7.02. The van der Waals surface area contributed by atoms with E-state index in [9.17, 15) is 13.2 Å². The number of carbonyl (C=O) groups is 1. The summed E-state index contributed by atoms with van der Waals surface area (Å²) in [4.78, 5) is 12.1. The predicted molar refractivity (Wildman–Crippen MR) is 92.6 cm³/mol. The molecule has 23 heavy (non-hydrogen) atoms. The number of hydrogen-bond donors (Lipinski definition) is 2. The van der Waals surface area contributed by atoms with Crippen LogP contribution in [0.3, 0.4) is 0 Å². The predicted octanol–water partition coefficient (Wildman–Crippen LogP) is 1.82. The standard InChI is InChI=1S/C14H17Cl3N2O3S/c15-14(16,17)13(18-11-6-7-23(21,22)9-11)19-12(20)8-10-4-2-1-3-5-10/h1-5,11,13,18H,6-9H2,(H,19,20)/t11-,13+/m0/s1. The molecular formula is C14H17Cl3N2O3S. The number of hydrogen-bond acceptors (Lipinski definition) is 4.